The number of amides is 2. The number of hydrogen-bond donors (Lipinski definition) is 2. The molecule has 7 nitrogen and oxygen atoms in total. The van der Waals surface area contributed by atoms with E-state index in [9.17, 15) is 14.4 Å². The summed E-state index contributed by atoms with van der Waals surface area (Å²) in [6, 6.07) is 16.9. The number of benzene rings is 2. The van der Waals surface area contributed by atoms with Gasteiger partial charge in [-0.05, 0) is 42.3 Å². The molecule has 0 atom stereocenters. The second-order valence-electron chi connectivity index (χ2n) is 6.11. The average molecular weight is 392 g/mol. The molecule has 0 spiro atoms. The third-order valence-corrected chi connectivity index (χ3v) is 4.15. The van der Waals surface area contributed by atoms with Gasteiger partial charge in [0.1, 0.15) is 0 Å². The zero-order valence-corrected chi connectivity index (χ0v) is 15.8. The molecule has 0 saturated carbocycles. The molecule has 2 N–H and O–H groups in total. The van der Waals surface area contributed by atoms with Crippen molar-refractivity contribution in [2.45, 2.75) is 13.3 Å². The van der Waals surface area contributed by atoms with Crippen molar-refractivity contribution in [3.05, 3.63) is 83.8 Å². The highest BCUT2D eigenvalue weighted by molar-refractivity contribution is 6.07. The van der Waals surface area contributed by atoms with E-state index in [-0.39, 0.29) is 17.0 Å². The van der Waals surface area contributed by atoms with Crippen LogP contribution in [0.25, 0.3) is 0 Å². The molecule has 0 unspecified atom stereocenters. The second-order valence-corrected chi connectivity index (χ2v) is 6.11. The Hall–Kier alpha value is -3.87. The number of hydrogen-bond acceptors (Lipinski definition) is 5. The van der Waals surface area contributed by atoms with Crippen LogP contribution < -0.4 is 10.6 Å². The van der Waals surface area contributed by atoms with E-state index in [4.69, 9.17) is 9.15 Å². The lowest BCUT2D eigenvalue weighted by Crippen LogP contribution is -2.22. The average Bonchev–Trinajstić information content (AvgIpc) is 3.28. The number of anilines is 2. The van der Waals surface area contributed by atoms with Crippen molar-refractivity contribution in [2.24, 2.45) is 0 Å². The molecule has 148 valence electrons. The van der Waals surface area contributed by atoms with Gasteiger partial charge in [-0.3, -0.25) is 9.59 Å². The molecule has 2 amide bonds. The Kier molecular flexibility index (Phi) is 6.42. The molecule has 0 aliphatic rings. The molecule has 2 aromatic carbocycles. The highest BCUT2D eigenvalue weighted by Crippen LogP contribution is 2.18. The summed E-state index contributed by atoms with van der Waals surface area (Å²) in [5.74, 6) is -1.55. The van der Waals surface area contributed by atoms with Crippen LogP contribution in [-0.4, -0.2) is 24.4 Å². The Morgan fingerprint density at radius 3 is 2.34 bits per heavy atom. The van der Waals surface area contributed by atoms with Gasteiger partial charge in [0.2, 0.25) is 0 Å². The Balaban J connectivity index is 1.62. The van der Waals surface area contributed by atoms with E-state index >= 15 is 0 Å². The van der Waals surface area contributed by atoms with Gasteiger partial charge in [0.15, 0.2) is 12.4 Å². The van der Waals surface area contributed by atoms with E-state index in [2.05, 4.69) is 10.6 Å². The number of rotatable bonds is 7. The smallest absolute Gasteiger partial charge is 0.340 e. The molecule has 3 rings (SSSR count). The van der Waals surface area contributed by atoms with Crippen LogP contribution in [0.3, 0.4) is 0 Å². The molecule has 0 aliphatic carbocycles. The number of nitrogens with one attached hydrogen (secondary N) is 2. The maximum Gasteiger partial charge on any atom is 0.340 e. The van der Waals surface area contributed by atoms with Gasteiger partial charge in [-0.1, -0.05) is 37.3 Å². The van der Waals surface area contributed by atoms with Gasteiger partial charge in [-0.25, -0.2) is 4.79 Å². The Morgan fingerprint density at radius 2 is 1.62 bits per heavy atom. The summed E-state index contributed by atoms with van der Waals surface area (Å²) in [5, 5.41) is 5.34. The van der Waals surface area contributed by atoms with Gasteiger partial charge in [-0.2, -0.15) is 0 Å². The molecule has 1 heterocycles. The normalized spacial score (nSPS) is 10.2. The van der Waals surface area contributed by atoms with Gasteiger partial charge < -0.3 is 19.8 Å². The second kappa shape index (κ2) is 9.36. The first-order valence-electron chi connectivity index (χ1n) is 9.07. The van der Waals surface area contributed by atoms with E-state index in [1.807, 2.05) is 25.1 Å². The first-order valence-corrected chi connectivity index (χ1v) is 9.07. The van der Waals surface area contributed by atoms with Gasteiger partial charge in [-0.15, -0.1) is 0 Å². The summed E-state index contributed by atoms with van der Waals surface area (Å²) in [6.07, 6.45) is 2.14. The monoisotopic (exact) mass is 392 g/mol. The van der Waals surface area contributed by atoms with E-state index in [1.54, 1.807) is 30.3 Å². The summed E-state index contributed by atoms with van der Waals surface area (Å²) in [4.78, 5) is 36.8. The fourth-order valence-corrected chi connectivity index (χ4v) is 2.71. The van der Waals surface area contributed by atoms with Crippen molar-refractivity contribution in [3.8, 4) is 0 Å². The highest BCUT2D eigenvalue weighted by atomic mass is 16.5. The lowest BCUT2D eigenvalue weighted by atomic mass is 10.1. The predicted molar refractivity (Wildman–Crippen MR) is 108 cm³/mol. The zero-order valence-electron chi connectivity index (χ0n) is 15.8. The van der Waals surface area contributed by atoms with Crippen molar-refractivity contribution < 1.29 is 23.5 Å². The number of aryl methyl sites for hydroxylation is 1. The van der Waals surface area contributed by atoms with Gasteiger partial charge in [0, 0.05) is 5.69 Å². The molecule has 0 radical (unpaired) electrons. The van der Waals surface area contributed by atoms with Gasteiger partial charge >= 0.3 is 5.97 Å². The fourth-order valence-electron chi connectivity index (χ4n) is 2.71. The summed E-state index contributed by atoms with van der Waals surface area (Å²) >= 11 is 0. The maximum absolute atomic E-state index is 12.4. The molecular weight excluding hydrogens is 372 g/mol. The topological polar surface area (TPSA) is 97.6 Å². The lowest BCUT2D eigenvalue weighted by Gasteiger charge is -2.12. The molecular formula is C22H20N2O5. The molecule has 0 bridgehead atoms. The van der Waals surface area contributed by atoms with E-state index < -0.39 is 24.4 Å². The third kappa shape index (κ3) is 5.10. The van der Waals surface area contributed by atoms with Gasteiger partial charge in [0.25, 0.3) is 11.8 Å². The molecule has 0 aliphatic heterocycles. The fraction of sp³-hybridized carbons (Fsp3) is 0.136. The number of carbonyl (C=O) groups is 3. The summed E-state index contributed by atoms with van der Waals surface area (Å²) in [5.41, 5.74) is 2.06. The maximum atomic E-state index is 12.4. The zero-order chi connectivity index (χ0) is 20.6. The summed E-state index contributed by atoms with van der Waals surface area (Å²) in [6.45, 7) is 1.54. The van der Waals surface area contributed by atoms with Crippen LogP contribution in [0.2, 0.25) is 0 Å². The first-order chi connectivity index (χ1) is 14.1. The molecule has 7 heteroatoms. The number of ether oxygens (including phenoxy) is 1. The largest absolute Gasteiger partial charge is 0.459 e. The number of para-hydroxylation sites is 2. The molecule has 1 aromatic heterocycles. The Morgan fingerprint density at radius 1 is 0.897 bits per heavy atom. The Labute approximate surface area is 167 Å². The van der Waals surface area contributed by atoms with Crippen LogP contribution in [0.4, 0.5) is 11.4 Å². The number of carbonyl (C=O) groups excluding carboxylic acids is 3. The minimum absolute atomic E-state index is 0.113. The summed E-state index contributed by atoms with van der Waals surface area (Å²) < 4.78 is 10.2. The van der Waals surface area contributed by atoms with Crippen LogP contribution in [-0.2, 0) is 16.0 Å². The van der Waals surface area contributed by atoms with Crippen LogP contribution in [0.15, 0.2) is 71.3 Å². The van der Waals surface area contributed by atoms with Gasteiger partial charge in [0.05, 0.1) is 17.5 Å². The van der Waals surface area contributed by atoms with Crippen molar-refractivity contribution >= 4 is 29.2 Å². The van der Waals surface area contributed by atoms with Crippen molar-refractivity contribution in [3.63, 3.8) is 0 Å². The van der Waals surface area contributed by atoms with E-state index in [0.717, 1.165) is 12.0 Å². The van der Waals surface area contributed by atoms with E-state index in [1.165, 1.54) is 18.4 Å². The third-order valence-electron chi connectivity index (χ3n) is 4.15. The summed E-state index contributed by atoms with van der Waals surface area (Å²) in [7, 11) is 0. The van der Waals surface area contributed by atoms with Crippen LogP contribution >= 0.6 is 0 Å². The van der Waals surface area contributed by atoms with Crippen molar-refractivity contribution in [1.29, 1.82) is 0 Å². The van der Waals surface area contributed by atoms with Crippen LogP contribution in [0.1, 0.15) is 33.4 Å². The SMILES string of the molecule is CCc1ccccc1NC(=O)COC(=O)c1ccccc1NC(=O)c1ccco1. The minimum atomic E-state index is -0.723. The first kappa shape index (κ1) is 19.9. The standard InChI is InChI=1S/C22H20N2O5/c1-2-15-8-3-5-10-17(15)23-20(25)14-29-22(27)16-9-4-6-11-18(16)24-21(26)19-12-7-13-28-19/h3-13H,2,14H2,1H3,(H,23,25)(H,24,26). The predicted octanol–water partition coefficient (Wildman–Crippen LogP) is 3.89. The number of furan rings is 1. The molecule has 3 aromatic rings. The van der Waals surface area contributed by atoms with Crippen molar-refractivity contribution in [2.75, 3.05) is 17.2 Å². The molecule has 29 heavy (non-hydrogen) atoms. The lowest BCUT2D eigenvalue weighted by molar-refractivity contribution is -0.119. The van der Waals surface area contributed by atoms with Crippen molar-refractivity contribution in [1.82, 2.24) is 0 Å². The molecule has 0 saturated heterocycles. The van der Waals surface area contributed by atoms with Crippen LogP contribution in [0, 0.1) is 0 Å². The van der Waals surface area contributed by atoms with E-state index in [0.29, 0.717) is 5.69 Å². The molecule has 0 fully saturated rings. The Bertz CT molecular complexity index is 1010. The quantitative estimate of drug-likeness (QED) is 0.595. The highest BCUT2D eigenvalue weighted by Gasteiger charge is 2.17. The minimum Gasteiger partial charge on any atom is -0.459 e. The van der Waals surface area contributed by atoms with Crippen LogP contribution in [0.5, 0.6) is 0 Å². The number of esters is 1.